The van der Waals surface area contributed by atoms with Crippen LogP contribution in [-0.2, 0) is 6.42 Å². The maximum absolute atomic E-state index is 5.72. The van der Waals surface area contributed by atoms with E-state index in [9.17, 15) is 0 Å². The number of benzene rings is 1. The number of nitrogen functional groups attached to an aromatic ring is 1. The van der Waals surface area contributed by atoms with Crippen LogP contribution in [0.15, 0.2) is 18.2 Å². The van der Waals surface area contributed by atoms with E-state index in [4.69, 9.17) is 5.73 Å². The number of hydrogen-bond acceptors (Lipinski definition) is 2. The normalized spacial score (nSPS) is 21.9. The van der Waals surface area contributed by atoms with E-state index in [2.05, 4.69) is 24.4 Å². The molecule has 3 N–H and O–H groups in total. The second kappa shape index (κ2) is 2.79. The molecule has 0 aromatic heterocycles. The molecule has 1 aromatic rings. The SMILES string of the molecule is C[C@H]1NCCc2ccc(N)cc21. The van der Waals surface area contributed by atoms with Gasteiger partial charge in [0.1, 0.15) is 0 Å². The van der Waals surface area contributed by atoms with Crippen LogP contribution in [0.2, 0.25) is 0 Å². The fraction of sp³-hybridized carbons (Fsp3) is 0.400. The summed E-state index contributed by atoms with van der Waals surface area (Å²) in [6.45, 7) is 3.26. The summed E-state index contributed by atoms with van der Waals surface area (Å²) in [6.07, 6.45) is 1.12. The van der Waals surface area contributed by atoms with Crippen LogP contribution in [0.4, 0.5) is 5.69 Å². The highest BCUT2D eigenvalue weighted by Crippen LogP contribution is 2.24. The van der Waals surface area contributed by atoms with E-state index in [-0.39, 0.29) is 0 Å². The van der Waals surface area contributed by atoms with Gasteiger partial charge in [-0.3, -0.25) is 0 Å². The van der Waals surface area contributed by atoms with E-state index >= 15 is 0 Å². The van der Waals surface area contributed by atoms with E-state index in [0.29, 0.717) is 6.04 Å². The van der Waals surface area contributed by atoms with Gasteiger partial charge >= 0.3 is 0 Å². The number of nitrogens with one attached hydrogen (secondary N) is 1. The van der Waals surface area contributed by atoms with Gasteiger partial charge < -0.3 is 11.1 Å². The zero-order valence-electron chi connectivity index (χ0n) is 7.30. The van der Waals surface area contributed by atoms with Crippen molar-refractivity contribution in [3.8, 4) is 0 Å². The fourth-order valence-corrected chi connectivity index (χ4v) is 1.78. The molecule has 2 rings (SSSR count). The lowest BCUT2D eigenvalue weighted by atomic mass is 9.95. The largest absolute Gasteiger partial charge is 0.399 e. The average Bonchev–Trinajstić information content (AvgIpc) is 2.07. The quantitative estimate of drug-likeness (QED) is 0.567. The number of hydrogen-bond donors (Lipinski definition) is 2. The van der Waals surface area contributed by atoms with Gasteiger partial charge in [-0.15, -0.1) is 0 Å². The highest BCUT2D eigenvalue weighted by atomic mass is 14.9. The highest BCUT2D eigenvalue weighted by molar-refractivity contribution is 5.46. The van der Waals surface area contributed by atoms with Crippen molar-refractivity contribution in [2.24, 2.45) is 0 Å². The summed E-state index contributed by atoms with van der Waals surface area (Å²) in [5.41, 5.74) is 9.38. The smallest absolute Gasteiger partial charge is 0.0317 e. The van der Waals surface area contributed by atoms with Crippen molar-refractivity contribution < 1.29 is 0 Å². The molecule has 0 saturated carbocycles. The summed E-state index contributed by atoms with van der Waals surface area (Å²) in [5, 5.41) is 3.41. The van der Waals surface area contributed by atoms with Gasteiger partial charge in [-0.2, -0.15) is 0 Å². The Morgan fingerprint density at radius 1 is 1.50 bits per heavy atom. The third-order valence-corrected chi connectivity index (χ3v) is 2.48. The Labute approximate surface area is 72.8 Å². The van der Waals surface area contributed by atoms with E-state index in [0.717, 1.165) is 18.7 Å². The first-order valence-electron chi connectivity index (χ1n) is 4.39. The predicted octanol–water partition coefficient (Wildman–Crippen LogP) is 1.48. The molecule has 64 valence electrons. The molecular weight excluding hydrogens is 148 g/mol. The molecule has 0 radical (unpaired) electrons. The summed E-state index contributed by atoms with van der Waals surface area (Å²) >= 11 is 0. The van der Waals surface area contributed by atoms with E-state index in [1.165, 1.54) is 11.1 Å². The van der Waals surface area contributed by atoms with Crippen molar-refractivity contribution in [1.29, 1.82) is 0 Å². The Kier molecular flexibility index (Phi) is 1.77. The Hall–Kier alpha value is -1.02. The van der Waals surface area contributed by atoms with Crippen molar-refractivity contribution in [3.63, 3.8) is 0 Å². The summed E-state index contributed by atoms with van der Waals surface area (Å²) < 4.78 is 0. The highest BCUT2D eigenvalue weighted by Gasteiger charge is 2.14. The summed E-state index contributed by atoms with van der Waals surface area (Å²) in [6, 6.07) is 6.66. The maximum atomic E-state index is 5.72. The van der Waals surface area contributed by atoms with Gasteiger partial charge in [0.05, 0.1) is 0 Å². The Balaban J connectivity index is 2.47. The molecule has 0 saturated heterocycles. The van der Waals surface area contributed by atoms with Crippen LogP contribution < -0.4 is 11.1 Å². The summed E-state index contributed by atoms with van der Waals surface area (Å²) in [5.74, 6) is 0. The van der Waals surface area contributed by atoms with Gasteiger partial charge in [-0.25, -0.2) is 0 Å². The number of nitrogens with two attached hydrogens (primary N) is 1. The first-order valence-corrected chi connectivity index (χ1v) is 4.39. The van der Waals surface area contributed by atoms with Crippen LogP contribution in [0.1, 0.15) is 24.1 Å². The molecule has 0 bridgehead atoms. The van der Waals surface area contributed by atoms with Crippen LogP contribution in [0.25, 0.3) is 0 Å². The van der Waals surface area contributed by atoms with E-state index < -0.39 is 0 Å². The molecule has 1 aliphatic heterocycles. The van der Waals surface area contributed by atoms with Gasteiger partial charge in [-0.1, -0.05) is 6.07 Å². The summed E-state index contributed by atoms with van der Waals surface area (Å²) in [7, 11) is 0. The molecular formula is C10H14N2. The lowest BCUT2D eigenvalue weighted by Gasteiger charge is -2.23. The molecule has 0 unspecified atom stereocenters. The molecule has 1 atom stereocenters. The lowest BCUT2D eigenvalue weighted by Crippen LogP contribution is -2.27. The predicted molar refractivity (Wildman–Crippen MR) is 51.0 cm³/mol. The van der Waals surface area contributed by atoms with Gasteiger partial charge in [0.15, 0.2) is 0 Å². The molecule has 2 heteroatoms. The van der Waals surface area contributed by atoms with Gasteiger partial charge in [0, 0.05) is 11.7 Å². The van der Waals surface area contributed by atoms with Crippen molar-refractivity contribution >= 4 is 5.69 Å². The molecule has 0 amide bonds. The molecule has 0 fully saturated rings. The molecule has 12 heavy (non-hydrogen) atoms. The zero-order chi connectivity index (χ0) is 8.55. The topological polar surface area (TPSA) is 38.0 Å². The number of rotatable bonds is 0. The first kappa shape index (κ1) is 7.62. The molecule has 2 nitrogen and oxygen atoms in total. The molecule has 1 aromatic carbocycles. The third kappa shape index (κ3) is 1.18. The molecule has 1 heterocycles. The second-order valence-electron chi connectivity index (χ2n) is 3.38. The zero-order valence-corrected chi connectivity index (χ0v) is 7.30. The minimum atomic E-state index is 0.456. The Bertz CT molecular complexity index is 294. The maximum Gasteiger partial charge on any atom is 0.0317 e. The van der Waals surface area contributed by atoms with Gasteiger partial charge in [0.2, 0.25) is 0 Å². The first-order chi connectivity index (χ1) is 5.77. The van der Waals surface area contributed by atoms with Gasteiger partial charge in [0.25, 0.3) is 0 Å². The molecule has 0 aliphatic carbocycles. The third-order valence-electron chi connectivity index (χ3n) is 2.48. The number of fused-ring (bicyclic) bond motifs is 1. The van der Waals surface area contributed by atoms with Crippen LogP contribution in [-0.4, -0.2) is 6.54 Å². The lowest BCUT2D eigenvalue weighted by molar-refractivity contribution is 0.541. The Morgan fingerprint density at radius 3 is 3.17 bits per heavy atom. The second-order valence-corrected chi connectivity index (χ2v) is 3.38. The van der Waals surface area contributed by atoms with Gasteiger partial charge in [-0.05, 0) is 43.1 Å². The van der Waals surface area contributed by atoms with Crippen LogP contribution in [0, 0.1) is 0 Å². The van der Waals surface area contributed by atoms with Crippen molar-refractivity contribution in [3.05, 3.63) is 29.3 Å². The summed E-state index contributed by atoms with van der Waals surface area (Å²) in [4.78, 5) is 0. The minimum Gasteiger partial charge on any atom is -0.399 e. The van der Waals surface area contributed by atoms with Crippen LogP contribution >= 0.6 is 0 Å². The standard InChI is InChI=1S/C10H14N2/c1-7-10-6-9(11)3-2-8(10)4-5-12-7/h2-3,6-7,12H,4-5,11H2,1H3/t7-/m1/s1. The monoisotopic (exact) mass is 162 g/mol. The van der Waals surface area contributed by atoms with E-state index in [1.807, 2.05) is 6.07 Å². The average molecular weight is 162 g/mol. The van der Waals surface area contributed by atoms with Crippen LogP contribution in [0.3, 0.4) is 0 Å². The molecule has 1 aliphatic rings. The van der Waals surface area contributed by atoms with Crippen LogP contribution in [0.5, 0.6) is 0 Å². The van der Waals surface area contributed by atoms with Crippen molar-refractivity contribution in [2.45, 2.75) is 19.4 Å². The van der Waals surface area contributed by atoms with Crippen molar-refractivity contribution in [2.75, 3.05) is 12.3 Å². The fourth-order valence-electron chi connectivity index (χ4n) is 1.78. The minimum absolute atomic E-state index is 0.456. The number of anilines is 1. The van der Waals surface area contributed by atoms with E-state index in [1.54, 1.807) is 0 Å². The Morgan fingerprint density at radius 2 is 2.33 bits per heavy atom. The van der Waals surface area contributed by atoms with Crippen molar-refractivity contribution in [1.82, 2.24) is 5.32 Å². The molecule has 0 spiro atoms.